The number of hydrogen-bond acceptors (Lipinski definition) is 3. The van der Waals surface area contributed by atoms with Crippen LogP contribution in [0.4, 0.5) is 0 Å². The molecule has 3 unspecified atom stereocenters. The number of carbonyl (C=O) groups is 1. The van der Waals surface area contributed by atoms with Crippen molar-refractivity contribution in [3.63, 3.8) is 0 Å². The van der Waals surface area contributed by atoms with Crippen LogP contribution in [0.1, 0.15) is 49.3 Å². The molecule has 0 saturated heterocycles. The van der Waals surface area contributed by atoms with Crippen molar-refractivity contribution in [3.8, 4) is 0 Å². The number of aryl methyl sites for hydroxylation is 1. The number of hydrogen-bond donors (Lipinski definition) is 1. The van der Waals surface area contributed by atoms with Gasteiger partial charge in [-0.3, -0.25) is 9.78 Å². The fourth-order valence-electron chi connectivity index (χ4n) is 2.54. The summed E-state index contributed by atoms with van der Waals surface area (Å²) in [6.07, 6.45) is 6.69. The van der Waals surface area contributed by atoms with E-state index in [1.807, 2.05) is 6.92 Å². The first-order valence-corrected chi connectivity index (χ1v) is 6.67. The summed E-state index contributed by atoms with van der Waals surface area (Å²) in [5.74, 6) is 1.10. The zero-order valence-electron chi connectivity index (χ0n) is 11.3. The Bertz CT molecular complexity index is 416. The number of nitrogens with one attached hydrogen (secondary N) is 1. The average molecular weight is 247 g/mol. The van der Waals surface area contributed by atoms with Crippen LogP contribution in [-0.2, 0) is 0 Å². The van der Waals surface area contributed by atoms with Gasteiger partial charge in [-0.15, -0.1) is 0 Å². The van der Waals surface area contributed by atoms with E-state index >= 15 is 0 Å². The average Bonchev–Trinajstić information content (AvgIpc) is 2.36. The highest BCUT2D eigenvalue weighted by atomic mass is 16.1. The maximum Gasteiger partial charge on any atom is 0.271 e. The molecule has 0 aliphatic heterocycles. The molecule has 1 heterocycles. The number of aromatic nitrogens is 2. The second-order valence-electron chi connectivity index (χ2n) is 5.39. The number of amides is 1. The van der Waals surface area contributed by atoms with Crippen LogP contribution in [0.3, 0.4) is 0 Å². The van der Waals surface area contributed by atoms with Crippen LogP contribution < -0.4 is 5.32 Å². The van der Waals surface area contributed by atoms with Crippen molar-refractivity contribution in [2.75, 3.05) is 0 Å². The summed E-state index contributed by atoms with van der Waals surface area (Å²) in [5, 5.41) is 3.09. The maximum absolute atomic E-state index is 12.1. The number of carbonyl (C=O) groups excluding carboxylic acids is 1. The van der Waals surface area contributed by atoms with Crippen LogP contribution in [0.15, 0.2) is 12.4 Å². The smallest absolute Gasteiger partial charge is 0.271 e. The summed E-state index contributed by atoms with van der Waals surface area (Å²) < 4.78 is 0. The largest absolute Gasteiger partial charge is 0.348 e. The van der Waals surface area contributed by atoms with Gasteiger partial charge >= 0.3 is 0 Å². The van der Waals surface area contributed by atoms with E-state index in [4.69, 9.17) is 0 Å². The van der Waals surface area contributed by atoms with Gasteiger partial charge in [-0.1, -0.05) is 26.7 Å². The molecule has 2 rings (SSSR count). The molecular formula is C14H21N3O. The second kappa shape index (κ2) is 5.46. The monoisotopic (exact) mass is 247 g/mol. The van der Waals surface area contributed by atoms with E-state index in [9.17, 15) is 4.79 Å². The summed E-state index contributed by atoms with van der Waals surface area (Å²) in [7, 11) is 0. The molecule has 1 amide bonds. The minimum absolute atomic E-state index is 0.103. The third-order valence-electron chi connectivity index (χ3n) is 4.04. The van der Waals surface area contributed by atoms with Gasteiger partial charge in [0.2, 0.25) is 0 Å². The number of rotatable bonds is 2. The molecule has 0 radical (unpaired) electrons. The van der Waals surface area contributed by atoms with Crippen molar-refractivity contribution in [3.05, 3.63) is 23.8 Å². The van der Waals surface area contributed by atoms with Crippen molar-refractivity contribution in [1.29, 1.82) is 0 Å². The van der Waals surface area contributed by atoms with Gasteiger partial charge in [-0.2, -0.15) is 0 Å². The van der Waals surface area contributed by atoms with E-state index < -0.39 is 0 Å². The Kier molecular flexibility index (Phi) is 3.94. The van der Waals surface area contributed by atoms with Crippen LogP contribution in [0.2, 0.25) is 0 Å². The molecule has 0 spiro atoms. The van der Waals surface area contributed by atoms with Gasteiger partial charge in [0.1, 0.15) is 5.69 Å². The van der Waals surface area contributed by atoms with Crippen LogP contribution in [-0.4, -0.2) is 21.9 Å². The Morgan fingerprint density at radius 3 is 2.72 bits per heavy atom. The molecule has 1 aliphatic rings. The summed E-state index contributed by atoms with van der Waals surface area (Å²) in [4.78, 5) is 20.3. The normalized spacial score (nSPS) is 27.8. The molecule has 3 atom stereocenters. The predicted molar refractivity (Wildman–Crippen MR) is 70.2 cm³/mol. The maximum atomic E-state index is 12.1. The SMILES string of the molecule is Cc1cnc(C(=O)NC2CCCC(C)C2C)cn1. The molecule has 1 N–H and O–H groups in total. The molecule has 4 heteroatoms. The zero-order chi connectivity index (χ0) is 13.1. The molecule has 98 valence electrons. The van der Waals surface area contributed by atoms with Crippen molar-refractivity contribution in [2.24, 2.45) is 11.8 Å². The molecule has 1 saturated carbocycles. The van der Waals surface area contributed by atoms with E-state index in [-0.39, 0.29) is 11.9 Å². The highest BCUT2D eigenvalue weighted by Crippen LogP contribution is 2.29. The van der Waals surface area contributed by atoms with E-state index in [1.165, 1.54) is 12.8 Å². The summed E-state index contributed by atoms with van der Waals surface area (Å²) in [6, 6.07) is 0.268. The predicted octanol–water partition coefficient (Wildman–Crippen LogP) is 2.34. The summed E-state index contributed by atoms with van der Waals surface area (Å²) in [6.45, 7) is 6.34. The van der Waals surface area contributed by atoms with Gasteiger partial charge in [0, 0.05) is 12.2 Å². The highest BCUT2D eigenvalue weighted by Gasteiger charge is 2.28. The van der Waals surface area contributed by atoms with E-state index in [0.29, 0.717) is 17.5 Å². The first-order chi connectivity index (χ1) is 8.58. The molecule has 0 aromatic carbocycles. The fraction of sp³-hybridized carbons (Fsp3) is 0.643. The van der Waals surface area contributed by atoms with Crippen molar-refractivity contribution < 1.29 is 4.79 Å². The molecule has 0 bridgehead atoms. The first-order valence-electron chi connectivity index (χ1n) is 6.67. The second-order valence-corrected chi connectivity index (χ2v) is 5.39. The summed E-state index contributed by atoms with van der Waals surface area (Å²) in [5.41, 5.74) is 1.23. The first kappa shape index (κ1) is 13.0. The molecule has 1 aliphatic carbocycles. The van der Waals surface area contributed by atoms with Crippen LogP contribution in [0.25, 0.3) is 0 Å². The van der Waals surface area contributed by atoms with Gasteiger partial charge in [0.05, 0.1) is 11.9 Å². The Labute approximate surface area is 108 Å². The number of nitrogens with zero attached hydrogens (tertiary/aromatic N) is 2. The third-order valence-corrected chi connectivity index (χ3v) is 4.04. The molecule has 1 aromatic rings. The van der Waals surface area contributed by atoms with Crippen LogP contribution in [0, 0.1) is 18.8 Å². The molecule has 1 aromatic heterocycles. The Morgan fingerprint density at radius 2 is 2.06 bits per heavy atom. The fourth-order valence-corrected chi connectivity index (χ4v) is 2.54. The lowest BCUT2D eigenvalue weighted by atomic mass is 9.78. The van der Waals surface area contributed by atoms with Gasteiger partial charge in [-0.05, 0) is 25.2 Å². The van der Waals surface area contributed by atoms with Gasteiger partial charge < -0.3 is 5.32 Å². The van der Waals surface area contributed by atoms with Crippen molar-refractivity contribution in [1.82, 2.24) is 15.3 Å². The molecule has 1 fully saturated rings. The van der Waals surface area contributed by atoms with Crippen LogP contribution >= 0.6 is 0 Å². The minimum atomic E-state index is -0.103. The molecule has 4 nitrogen and oxygen atoms in total. The van der Waals surface area contributed by atoms with Crippen LogP contribution in [0.5, 0.6) is 0 Å². The minimum Gasteiger partial charge on any atom is -0.348 e. The van der Waals surface area contributed by atoms with Gasteiger partial charge in [0.25, 0.3) is 5.91 Å². The van der Waals surface area contributed by atoms with Crippen molar-refractivity contribution >= 4 is 5.91 Å². The van der Waals surface area contributed by atoms with E-state index in [2.05, 4.69) is 29.1 Å². The van der Waals surface area contributed by atoms with E-state index in [0.717, 1.165) is 12.1 Å². The Balaban J connectivity index is 2.00. The topological polar surface area (TPSA) is 54.9 Å². The lowest BCUT2D eigenvalue weighted by molar-refractivity contribution is 0.0885. The molecule has 18 heavy (non-hydrogen) atoms. The summed E-state index contributed by atoms with van der Waals surface area (Å²) >= 11 is 0. The lowest BCUT2D eigenvalue weighted by Crippen LogP contribution is -2.43. The zero-order valence-corrected chi connectivity index (χ0v) is 11.3. The lowest BCUT2D eigenvalue weighted by Gasteiger charge is -2.34. The van der Waals surface area contributed by atoms with Gasteiger partial charge in [-0.25, -0.2) is 4.98 Å². The van der Waals surface area contributed by atoms with Gasteiger partial charge in [0.15, 0.2) is 0 Å². The molecular weight excluding hydrogens is 226 g/mol. The highest BCUT2D eigenvalue weighted by molar-refractivity contribution is 5.92. The van der Waals surface area contributed by atoms with E-state index in [1.54, 1.807) is 12.4 Å². The standard InChI is InChI=1S/C14H21N3O/c1-9-5-4-6-12(11(9)3)17-14(18)13-8-15-10(2)7-16-13/h7-9,11-12H,4-6H2,1-3H3,(H,17,18). The third kappa shape index (κ3) is 2.86. The Morgan fingerprint density at radius 1 is 1.28 bits per heavy atom. The van der Waals surface area contributed by atoms with Crippen molar-refractivity contribution in [2.45, 2.75) is 46.1 Å². The Hall–Kier alpha value is -1.45. The quantitative estimate of drug-likeness (QED) is 0.872.